The van der Waals surface area contributed by atoms with Crippen LogP contribution in [-0.2, 0) is 16.0 Å². The lowest BCUT2D eigenvalue weighted by Gasteiger charge is -2.30. The fourth-order valence-electron chi connectivity index (χ4n) is 2.84. The number of hydrogen-bond acceptors (Lipinski definition) is 4. The van der Waals surface area contributed by atoms with Gasteiger partial charge in [-0.1, -0.05) is 25.8 Å². The zero-order valence-electron chi connectivity index (χ0n) is 15.8. The summed E-state index contributed by atoms with van der Waals surface area (Å²) in [4.78, 5) is 16.1. The molecule has 4 heteroatoms. The summed E-state index contributed by atoms with van der Waals surface area (Å²) in [6.07, 6.45) is 10.9. The van der Waals surface area contributed by atoms with Crippen molar-refractivity contribution in [2.24, 2.45) is 5.73 Å². The van der Waals surface area contributed by atoms with Crippen LogP contribution in [0.25, 0.3) is 0 Å². The number of esters is 1. The monoisotopic (exact) mass is 334 g/mol. The number of pyridine rings is 1. The maximum absolute atomic E-state index is 12.0. The summed E-state index contributed by atoms with van der Waals surface area (Å²) < 4.78 is 5.41. The van der Waals surface area contributed by atoms with E-state index >= 15 is 0 Å². The summed E-state index contributed by atoms with van der Waals surface area (Å²) in [7, 11) is 0. The number of hydrogen-bond donors (Lipinski definition) is 1. The van der Waals surface area contributed by atoms with Crippen molar-refractivity contribution in [3.05, 3.63) is 30.1 Å². The lowest BCUT2D eigenvalue weighted by molar-refractivity contribution is -0.155. The second-order valence-corrected chi connectivity index (χ2v) is 7.77. The summed E-state index contributed by atoms with van der Waals surface area (Å²) in [5.41, 5.74) is 7.16. The van der Waals surface area contributed by atoms with E-state index in [-0.39, 0.29) is 11.5 Å². The van der Waals surface area contributed by atoms with E-state index in [0.717, 1.165) is 38.5 Å². The zero-order chi connectivity index (χ0) is 18.1. The number of carbonyl (C=O) groups is 1. The predicted octanol–water partition coefficient (Wildman–Crippen LogP) is 4.41. The van der Waals surface area contributed by atoms with Crippen LogP contribution in [0.3, 0.4) is 0 Å². The molecule has 1 aromatic heterocycles. The fourth-order valence-corrected chi connectivity index (χ4v) is 2.84. The number of carbonyl (C=O) groups excluding carboxylic acids is 1. The fraction of sp³-hybridized carbons (Fsp3) is 0.700. The quantitative estimate of drug-likeness (QED) is 0.644. The van der Waals surface area contributed by atoms with Crippen LogP contribution in [0.15, 0.2) is 24.5 Å². The van der Waals surface area contributed by atoms with E-state index in [1.54, 1.807) is 6.20 Å². The van der Waals surface area contributed by atoms with Gasteiger partial charge in [-0.05, 0) is 64.5 Å². The van der Waals surface area contributed by atoms with Gasteiger partial charge in [0.1, 0.15) is 5.60 Å². The normalized spacial score (nSPS) is 14.2. The molecule has 0 fully saturated rings. The molecule has 0 aromatic carbocycles. The van der Waals surface area contributed by atoms with Gasteiger partial charge in [0.05, 0.1) is 0 Å². The van der Waals surface area contributed by atoms with Crippen molar-refractivity contribution in [3.8, 4) is 0 Å². The average Bonchev–Trinajstić information content (AvgIpc) is 2.51. The molecule has 1 unspecified atom stereocenters. The van der Waals surface area contributed by atoms with Crippen LogP contribution >= 0.6 is 0 Å². The number of nitrogens with two attached hydrogens (primary N) is 1. The van der Waals surface area contributed by atoms with E-state index in [1.807, 2.05) is 33.0 Å². The molecule has 0 saturated carbocycles. The van der Waals surface area contributed by atoms with Gasteiger partial charge in [-0.3, -0.25) is 9.78 Å². The summed E-state index contributed by atoms with van der Waals surface area (Å²) in [6.45, 7) is 7.85. The molecule has 0 aliphatic rings. The molecule has 0 radical (unpaired) electrons. The Hall–Kier alpha value is -1.42. The highest BCUT2D eigenvalue weighted by molar-refractivity contribution is 5.69. The minimum absolute atomic E-state index is 0.152. The van der Waals surface area contributed by atoms with E-state index in [4.69, 9.17) is 10.5 Å². The molecular weight excluding hydrogens is 300 g/mol. The van der Waals surface area contributed by atoms with Crippen molar-refractivity contribution >= 4 is 5.97 Å². The molecule has 0 spiro atoms. The molecule has 0 bridgehead atoms. The predicted molar refractivity (Wildman–Crippen MR) is 98.7 cm³/mol. The van der Waals surface area contributed by atoms with Gasteiger partial charge in [-0.2, -0.15) is 0 Å². The first-order valence-electron chi connectivity index (χ1n) is 9.14. The third-order valence-electron chi connectivity index (χ3n) is 4.14. The van der Waals surface area contributed by atoms with Crippen LogP contribution in [0.5, 0.6) is 0 Å². The Morgan fingerprint density at radius 3 is 2.50 bits per heavy atom. The summed E-state index contributed by atoms with van der Waals surface area (Å²) in [6, 6.07) is 4.06. The third kappa shape index (κ3) is 9.02. The van der Waals surface area contributed by atoms with E-state index in [0.29, 0.717) is 12.8 Å². The molecule has 4 nitrogen and oxygen atoms in total. The Kier molecular flexibility index (Phi) is 8.40. The van der Waals surface area contributed by atoms with Crippen LogP contribution in [-0.4, -0.2) is 22.1 Å². The number of unbranched alkanes of at least 4 members (excludes halogenated alkanes) is 1. The molecule has 0 aliphatic heterocycles. The third-order valence-corrected chi connectivity index (χ3v) is 4.14. The second kappa shape index (κ2) is 9.77. The molecular formula is C20H34N2O2. The van der Waals surface area contributed by atoms with Crippen molar-refractivity contribution in [2.75, 3.05) is 0 Å². The summed E-state index contributed by atoms with van der Waals surface area (Å²) >= 11 is 0. The molecule has 0 saturated heterocycles. The first-order valence-corrected chi connectivity index (χ1v) is 9.14. The lowest BCUT2D eigenvalue weighted by atomic mass is 9.83. The van der Waals surface area contributed by atoms with E-state index in [1.165, 1.54) is 5.56 Å². The highest BCUT2D eigenvalue weighted by Crippen LogP contribution is 2.25. The number of rotatable bonds is 10. The number of aromatic nitrogens is 1. The smallest absolute Gasteiger partial charge is 0.306 e. The Morgan fingerprint density at radius 2 is 1.92 bits per heavy atom. The van der Waals surface area contributed by atoms with E-state index < -0.39 is 5.60 Å². The Balaban J connectivity index is 2.49. The maximum Gasteiger partial charge on any atom is 0.306 e. The Labute approximate surface area is 147 Å². The molecule has 1 heterocycles. The van der Waals surface area contributed by atoms with Crippen molar-refractivity contribution in [1.82, 2.24) is 4.98 Å². The number of nitrogens with zero attached hydrogens (tertiary/aromatic N) is 1. The SMILES string of the molecule is CCCCC(N)(CCCc1cccnc1)CCC(=O)OC(C)(C)C. The number of aryl methyl sites for hydroxylation is 1. The molecule has 1 atom stereocenters. The van der Waals surface area contributed by atoms with Crippen LogP contribution in [0, 0.1) is 0 Å². The minimum atomic E-state index is -0.432. The van der Waals surface area contributed by atoms with Gasteiger partial charge < -0.3 is 10.5 Å². The van der Waals surface area contributed by atoms with Gasteiger partial charge in [-0.15, -0.1) is 0 Å². The van der Waals surface area contributed by atoms with Crippen LogP contribution in [0.2, 0.25) is 0 Å². The van der Waals surface area contributed by atoms with Gasteiger partial charge in [0.15, 0.2) is 0 Å². The zero-order valence-corrected chi connectivity index (χ0v) is 15.8. The van der Waals surface area contributed by atoms with Crippen molar-refractivity contribution in [2.45, 2.75) is 90.2 Å². The van der Waals surface area contributed by atoms with Crippen molar-refractivity contribution in [3.63, 3.8) is 0 Å². The number of ether oxygens (including phenoxy) is 1. The first-order chi connectivity index (χ1) is 11.2. The van der Waals surface area contributed by atoms with Gasteiger partial charge in [-0.25, -0.2) is 0 Å². The van der Waals surface area contributed by atoms with Crippen molar-refractivity contribution < 1.29 is 9.53 Å². The topological polar surface area (TPSA) is 65.2 Å². The molecule has 24 heavy (non-hydrogen) atoms. The molecule has 0 aliphatic carbocycles. The second-order valence-electron chi connectivity index (χ2n) is 7.77. The van der Waals surface area contributed by atoms with Crippen LogP contribution in [0.1, 0.15) is 78.2 Å². The lowest BCUT2D eigenvalue weighted by Crippen LogP contribution is -2.40. The Morgan fingerprint density at radius 1 is 1.21 bits per heavy atom. The van der Waals surface area contributed by atoms with Gasteiger partial charge in [0.25, 0.3) is 0 Å². The first kappa shape index (κ1) is 20.6. The Bertz CT molecular complexity index is 482. The highest BCUT2D eigenvalue weighted by atomic mass is 16.6. The largest absolute Gasteiger partial charge is 0.460 e. The summed E-state index contributed by atoms with van der Waals surface area (Å²) in [5, 5.41) is 0. The summed E-state index contributed by atoms with van der Waals surface area (Å²) in [5.74, 6) is -0.152. The van der Waals surface area contributed by atoms with Crippen LogP contribution < -0.4 is 5.73 Å². The van der Waals surface area contributed by atoms with Crippen LogP contribution in [0.4, 0.5) is 0 Å². The molecule has 0 amide bonds. The van der Waals surface area contributed by atoms with Gasteiger partial charge in [0.2, 0.25) is 0 Å². The van der Waals surface area contributed by atoms with Gasteiger partial charge >= 0.3 is 5.97 Å². The van der Waals surface area contributed by atoms with E-state index in [2.05, 4.69) is 18.0 Å². The van der Waals surface area contributed by atoms with E-state index in [9.17, 15) is 4.79 Å². The molecule has 2 N–H and O–H groups in total. The van der Waals surface area contributed by atoms with Crippen molar-refractivity contribution in [1.29, 1.82) is 0 Å². The highest BCUT2D eigenvalue weighted by Gasteiger charge is 2.26. The standard InChI is InChI=1S/C20H34N2O2/c1-5-6-12-20(21,14-11-18(23)24-19(2,3)4)13-7-9-17-10-8-15-22-16-17/h8,10,15-16H,5-7,9,11-14,21H2,1-4H3. The maximum atomic E-state index is 12.0. The van der Waals surface area contributed by atoms with Gasteiger partial charge in [0, 0.05) is 24.4 Å². The molecule has 136 valence electrons. The molecule has 1 aromatic rings. The average molecular weight is 335 g/mol. The minimum Gasteiger partial charge on any atom is -0.460 e. The molecule has 1 rings (SSSR count).